The maximum atomic E-state index is 13.3. The van der Waals surface area contributed by atoms with E-state index in [9.17, 15) is 4.79 Å². The molecule has 1 unspecified atom stereocenters. The van der Waals surface area contributed by atoms with Crippen molar-refractivity contribution in [3.63, 3.8) is 0 Å². The molecule has 1 amide bonds. The predicted octanol–water partition coefficient (Wildman–Crippen LogP) is 4.59. The van der Waals surface area contributed by atoms with E-state index in [-0.39, 0.29) is 5.92 Å². The van der Waals surface area contributed by atoms with Gasteiger partial charge in [0.25, 0.3) is 0 Å². The topological polar surface area (TPSA) is 71.7 Å². The number of piperidine rings is 2. The van der Waals surface area contributed by atoms with Gasteiger partial charge in [-0.2, -0.15) is 0 Å². The summed E-state index contributed by atoms with van der Waals surface area (Å²) >= 11 is 6.11. The van der Waals surface area contributed by atoms with Crippen LogP contribution in [0.4, 0.5) is 5.82 Å². The number of pyridine rings is 1. The zero-order valence-corrected chi connectivity index (χ0v) is 20.9. The van der Waals surface area contributed by atoms with Crippen molar-refractivity contribution >= 4 is 23.3 Å². The largest absolute Gasteiger partial charge is 0.385 e. The van der Waals surface area contributed by atoms with Crippen LogP contribution in [-0.4, -0.2) is 60.6 Å². The van der Waals surface area contributed by atoms with Crippen LogP contribution in [0.25, 0.3) is 0 Å². The molecule has 0 spiro atoms. The molecule has 1 atom stereocenters. The van der Waals surface area contributed by atoms with E-state index in [2.05, 4.69) is 26.9 Å². The highest BCUT2D eigenvalue weighted by Gasteiger charge is 2.33. The molecule has 2 N–H and O–H groups in total. The number of carbonyl (C=O) groups excluding carboxylic acids is 1. The summed E-state index contributed by atoms with van der Waals surface area (Å²) in [7, 11) is 1.76. The number of carbonyl (C=O) groups is 1. The minimum atomic E-state index is 0.149. The monoisotopic (exact) mass is 484 g/mol. The van der Waals surface area contributed by atoms with Crippen LogP contribution in [0.5, 0.6) is 0 Å². The molecule has 0 radical (unpaired) electrons. The molecule has 1 aromatic heterocycles. The zero-order valence-electron chi connectivity index (χ0n) is 20.2. The molecule has 184 valence electrons. The number of nitrogens with two attached hydrogens (primary N) is 1. The molecule has 2 aliphatic heterocycles. The van der Waals surface area contributed by atoms with Gasteiger partial charge in [0.05, 0.1) is 0 Å². The van der Waals surface area contributed by atoms with E-state index in [4.69, 9.17) is 22.1 Å². The highest BCUT2D eigenvalue weighted by molar-refractivity contribution is 6.30. The average Bonchev–Trinajstić information content (AvgIpc) is 2.86. The maximum absolute atomic E-state index is 13.3. The van der Waals surface area contributed by atoms with Gasteiger partial charge in [0.1, 0.15) is 5.82 Å². The first-order valence-electron chi connectivity index (χ1n) is 12.5. The summed E-state index contributed by atoms with van der Waals surface area (Å²) in [6, 6.07) is 12.2. The number of ether oxygens (including phenoxy) is 1. The first-order chi connectivity index (χ1) is 16.5. The standard InChI is InChI=1S/C27H37ClN4O2/c1-34-17-11-25(21-2-4-24(28)5-3-21)22-9-15-32(16-10-22)27(33)23-7-13-31(14-8-23)19-20-6-12-30-26(29)18-20/h2-6,12,18,22-23,25H,7-11,13-17,19H2,1H3,(H2,29,30). The Morgan fingerprint density at radius 2 is 1.82 bits per heavy atom. The number of likely N-dealkylation sites (tertiary alicyclic amines) is 2. The van der Waals surface area contributed by atoms with E-state index >= 15 is 0 Å². The van der Waals surface area contributed by atoms with Gasteiger partial charge < -0.3 is 15.4 Å². The second-order valence-electron chi connectivity index (χ2n) is 9.74. The molecule has 0 saturated carbocycles. The van der Waals surface area contributed by atoms with Crippen molar-refractivity contribution in [1.82, 2.24) is 14.8 Å². The first-order valence-corrected chi connectivity index (χ1v) is 12.9. The van der Waals surface area contributed by atoms with Crippen LogP contribution in [0.2, 0.25) is 5.02 Å². The van der Waals surface area contributed by atoms with Crippen LogP contribution in [0.3, 0.4) is 0 Å². The van der Waals surface area contributed by atoms with Gasteiger partial charge in [0.2, 0.25) is 5.91 Å². The molecule has 1 aromatic carbocycles. The lowest BCUT2D eigenvalue weighted by Gasteiger charge is -2.39. The van der Waals surface area contributed by atoms with Crippen LogP contribution in [0.15, 0.2) is 42.6 Å². The number of anilines is 1. The van der Waals surface area contributed by atoms with Gasteiger partial charge in [-0.05, 0) is 92.4 Å². The van der Waals surface area contributed by atoms with E-state index in [1.807, 2.05) is 24.3 Å². The Bertz CT molecular complexity index is 922. The molecule has 4 rings (SSSR count). The molecule has 2 aromatic rings. The van der Waals surface area contributed by atoms with Crippen LogP contribution >= 0.6 is 11.6 Å². The van der Waals surface area contributed by atoms with Crippen molar-refractivity contribution in [2.75, 3.05) is 45.6 Å². The van der Waals surface area contributed by atoms with Gasteiger partial charge in [-0.3, -0.25) is 9.69 Å². The summed E-state index contributed by atoms with van der Waals surface area (Å²) in [4.78, 5) is 21.9. The fraction of sp³-hybridized carbons (Fsp3) is 0.556. The van der Waals surface area contributed by atoms with E-state index in [1.165, 1.54) is 11.1 Å². The molecule has 2 saturated heterocycles. The predicted molar refractivity (Wildman–Crippen MR) is 137 cm³/mol. The van der Waals surface area contributed by atoms with Crippen molar-refractivity contribution < 1.29 is 9.53 Å². The Balaban J connectivity index is 1.27. The SMILES string of the molecule is COCCC(c1ccc(Cl)cc1)C1CCN(C(=O)C2CCN(Cc3ccnc(N)c3)CC2)CC1. The molecule has 2 fully saturated rings. The smallest absolute Gasteiger partial charge is 0.225 e. The second kappa shape index (κ2) is 12.0. The number of methoxy groups -OCH3 is 1. The number of nitrogen functional groups attached to an aromatic ring is 1. The second-order valence-corrected chi connectivity index (χ2v) is 10.2. The molecule has 2 aliphatic rings. The molecule has 0 aliphatic carbocycles. The first kappa shape index (κ1) is 25.0. The molecule has 7 heteroatoms. The molecule has 6 nitrogen and oxygen atoms in total. The van der Waals surface area contributed by atoms with Gasteiger partial charge >= 0.3 is 0 Å². The van der Waals surface area contributed by atoms with Crippen LogP contribution in [-0.2, 0) is 16.1 Å². The Kier molecular flexibility index (Phi) is 8.81. The Morgan fingerprint density at radius 3 is 2.47 bits per heavy atom. The van der Waals surface area contributed by atoms with Crippen LogP contribution in [0, 0.1) is 11.8 Å². The number of halogens is 1. The summed E-state index contributed by atoms with van der Waals surface area (Å²) in [6.45, 7) is 5.23. The minimum absolute atomic E-state index is 0.149. The highest BCUT2D eigenvalue weighted by Crippen LogP contribution is 2.36. The van der Waals surface area contributed by atoms with Crippen molar-refractivity contribution in [3.8, 4) is 0 Å². The summed E-state index contributed by atoms with van der Waals surface area (Å²) < 4.78 is 5.40. The third kappa shape index (κ3) is 6.49. The maximum Gasteiger partial charge on any atom is 0.225 e. The molecular formula is C27H37ClN4O2. The number of aromatic nitrogens is 1. The minimum Gasteiger partial charge on any atom is -0.385 e. The zero-order chi connectivity index (χ0) is 23.9. The third-order valence-electron chi connectivity index (χ3n) is 7.54. The number of rotatable bonds is 8. The summed E-state index contributed by atoms with van der Waals surface area (Å²) in [5, 5.41) is 0.769. The molecular weight excluding hydrogens is 448 g/mol. The molecule has 3 heterocycles. The number of benzene rings is 1. The molecule has 0 bridgehead atoms. The van der Waals surface area contributed by atoms with Gasteiger partial charge in [-0.25, -0.2) is 4.98 Å². The summed E-state index contributed by atoms with van der Waals surface area (Å²) in [6.07, 6.45) is 6.72. The lowest BCUT2D eigenvalue weighted by molar-refractivity contribution is -0.138. The van der Waals surface area contributed by atoms with E-state index in [0.717, 1.165) is 76.5 Å². The quantitative estimate of drug-likeness (QED) is 0.593. The van der Waals surface area contributed by atoms with E-state index in [0.29, 0.717) is 23.6 Å². The summed E-state index contributed by atoms with van der Waals surface area (Å²) in [5.74, 6) is 2.07. The highest BCUT2D eigenvalue weighted by atomic mass is 35.5. The van der Waals surface area contributed by atoms with E-state index in [1.54, 1.807) is 13.3 Å². The number of nitrogens with zero attached hydrogens (tertiary/aromatic N) is 3. The van der Waals surface area contributed by atoms with Gasteiger partial charge in [0.15, 0.2) is 0 Å². The van der Waals surface area contributed by atoms with Gasteiger partial charge in [0, 0.05) is 50.5 Å². The van der Waals surface area contributed by atoms with Crippen molar-refractivity contribution in [3.05, 3.63) is 58.7 Å². The average molecular weight is 485 g/mol. The summed E-state index contributed by atoms with van der Waals surface area (Å²) in [5.41, 5.74) is 8.32. The lowest BCUT2D eigenvalue weighted by Crippen LogP contribution is -2.45. The van der Waals surface area contributed by atoms with Crippen LogP contribution in [0.1, 0.15) is 49.1 Å². The fourth-order valence-corrected chi connectivity index (χ4v) is 5.72. The van der Waals surface area contributed by atoms with E-state index < -0.39 is 0 Å². The molecule has 34 heavy (non-hydrogen) atoms. The third-order valence-corrected chi connectivity index (χ3v) is 7.79. The van der Waals surface area contributed by atoms with Gasteiger partial charge in [-0.1, -0.05) is 23.7 Å². The Hall–Kier alpha value is -2.15. The normalized spacial score (nSPS) is 19.3. The van der Waals surface area contributed by atoms with Crippen molar-refractivity contribution in [2.45, 2.75) is 44.6 Å². The van der Waals surface area contributed by atoms with Gasteiger partial charge in [-0.15, -0.1) is 0 Å². The fourth-order valence-electron chi connectivity index (χ4n) is 5.60. The lowest BCUT2D eigenvalue weighted by atomic mass is 9.78. The Morgan fingerprint density at radius 1 is 1.12 bits per heavy atom. The van der Waals surface area contributed by atoms with Crippen molar-refractivity contribution in [1.29, 1.82) is 0 Å². The van der Waals surface area contributed by atoms with Crippen LogP contribution < -0.4 is 5.73 Å². The Labute approximate surface area is 208 Å². The number of hydrogen-bond donors (Lipinski definition) is 1. The number of hydrogen-bond acceptors (Lipinski definition) is 5. The van der Waals surface area contributed by atoms with Crippen molar-refractivity contribution in [2.24, 2.45) is 11.8 Å². The number of amides is 1.